The van der Waals surface area contributed by atoms with Crippen molar-refractivity contribution >= 4 is 17.8 Å². The van der Waals surface area contributed by atoms with Crippen molar-refractivity contribution in [1.82, 2.24) is 10.6 Å². The van der Waals surface area contributed by atoms with Crippen LogP contribution in [0.1, 0.15) is 19.3 Å². The Morgan fingerprint density at radius 1 is 0.775 bits per heavy atom. The topological polar surface area (TPSA) is 225 Å². The largest absolute Gasteiger partial charge is 0.467 e. The molecule has 0 aromatic rings. The fourth-order valence-electron chi connectivity index (χ4n) is 2.85. The minimum absolute atomic E-state index is 0.0939. The van der Waals surface area contributed by atoms with Crippen molar-refractivity contribution in [3.63, 3.8) is 0 Å². The van der Waals surface area contributed by atoms with Crippen LogP contribution in [0.2, 0.25) is 0 Å². The van der Waals surface area contributed by atoms with Gasteiger partial charge in [-0.3, -0.25) is 9.59 Å². The van der Waals surface area contributed by atoms with Gasteiger partial charge in [0, 0.05) is 18.0 Å². The lowest BCUT2D eigenvalue weighted by Crippen LogP contribution is -2.43. The van der Waals surface area contributed by atoms with Gasteiger partial charge in [-0.25, -0.2) is 10.3 Å². The SMILES string of the molecule is COC(=O)C(CCCCNC(=O)COCCOCCOCCN=N)NC(=O)COCCOCCOCCN=[N+]=[N-]. The van der Waals surface area contributed by atoms with Gasteiger partial charge in [0.1, 0.15) is 19.3 Å². The summed E-state index contributed by atoms with van der Waals surface area (Å²) in [5.41, 5.74) is 14.8. The summed E-state index contributed by atoms with van der Waals surface area (Å²) in [4.78, 5) is 38.6. The van der Waals surface area contributed by atoms with Gasteiger partial charge in [0.15, 0.2) is 0 Å². The lowest BCUT2D eigenvalue weighted by atomic mass is 10.1. The van der Waals surface area contributed by atoms with Crippen LogP contribution in [0.15, 0.2) is 10.2 Å². The van der Waals surface area contributed by atoms with Crippen LogP contribution in [0.4, 0.5) is 0 Å². The molecule has 0 rings (SSSR count). The average molecular weight is 578 g/mol. The minimum Gasteiger partial charge on any atom is -0.467 e. The van der Waals surface area contributed by atoms with E-state index in [1.165, 1.54) is 7.11 Å². The van der Waals surface area contributed by atoms with Crippen LogP contribution < -0.4 is 10.6 Å². The molecule has 0 aliphatic carbocycles. The summed E-state index contributed by atoms with van der Waals surface area (Å²) in [6, 6.07) is -0.822. The Balaban J connectivity index is 3.79. The highest BCUT2D eigenvalue weighted by Crippen LogP contribution is 2.03. The molecule has 1 unspecified atom stereocenters. The Labute approximate surface area is 234 Å². The molecule has 0 aromatic carbocycles. The second-order valence-corrected chi connectivity index (χ2v) is 7.88. The first-order valence-corrected chi connectivity index (χ1v) is 13.0. The number of nitrogens with one attached hydrogen (secondary N) is 3. The van der Waals surface area contributed by atoms with Crippen molar-refractivity contribution < 1.29 is 47.5 Å². The number of azide groups is 1. The molecule has 0 bridgehead atoms. The van der Waals surface area contributed by atoms with Crippen LogP contribution in [0.3, 0.4) is 0 Å². The van der Waals surface area contributed by atoms with E-state index in [2.05, 4.69) is 25.8 Å². The van der Waals surface area contributed by atoms with Gasteiger partial charge in [0.2, 0.25) is 11.8 Å². The number of methoxy groups -OCH3 is 1. The molecule has 0 aromatic heterocycles. The highest BCUT2D eigenvalue weighted by atomic mass is 16.6. The molecule has 0 fully saturated rings. The molecule has 1 atom stereocenters. The van der Waals surface area contributed by atoms with Gasteiger partial charge in [-0.2, -0.15) is 5.11 Å². The van der Waals surface area contributed by atoms with Gasteiger partial charge in [0.25, 0.3) is 0 Å². The van der Waals surface area contributed by atoms with E-state index >= 15 is 0 Å². The highest BCUT2D eigenvalue weighted by molar-refractivity contribution is 5.85. The van der Waals surface area contributed by atoms with E-state index in [0.29, 0.717) is 78.6 Å². The summed E-state index contributed by atoms with van der Waals surface area (Å²) in [5, 5.41) is 11.8. The van der Waals surface area contributed by atoms with Gasteiger partial charge in [-0.05, 0) is 24.8 Å². The highest BCUT2D eigenvalue weighted by Gasteiger charge is 2.21. The third-order valence-electron chi connectivity index (χ3n) is 4.76. The number of carbonyl (C=O) groups excluding carboxylic acids is 3. The molecule has 0 saturated heterocycles. The molecule has 3 N–H and O–H groups in total. The molecule has 17 nitrogen and oxygen atoms in total. The Bertz CT molecular complexity index is 726. The number of carbonyl (C=O) groups is 3. The van der Waals surface area contributed by atoms with Gasteiger partial charge in [0.05, 0.1) is 79.7 Å². The van der Waals surface area contributed by atoms with Crippen molar-refractivity contribution in [3.05, 3.63) is 10.4 Å². The van der Waals surface area contributed by atoms with Gasteiger partial charge >= 0.3 is 5.97 Å². The maximum absolute atomic E-state index is 12.1. The first kappa shape index (κ1) is 37.1. The first-order valence-electron chi connectivity index (χ1n) is 13.0. The monoisotopic (exact) mass is 577 g/mol. The summed E-state index contributed by atoms with van der Waals surface area (Å²) >= 11 is 0. The number of nitrogens with zero attached hydrogens (tertiary/aromatic N) is 4. The van der Waals surface area contributed by atoms with Gasteiger partial charge in [-0.15, -0.1) is 0 Å². The third-order valence-corrected chi connectivity index (χ3v) is 4.76. The predicted molar refractivity (Wildman–Crippen MR) is 140 cm³/mol. The maximum Gasteiger partial charge on any atom is 0.328 e. The molecule has 230 valence electrons. The standard InChI is InChI=1S/C23H43N7O10/c1-34-23(33)20(29-22(32)19-40-17-15-38-13-11-36-9-7-28-30-25)4-2-3-5-26-21(31)18-39-16-14-37-12-10-35-8-6-27-24/h20,24H,2-19H2,1H3,(H,26,31)(H,29,32). The molecule has 0 aliphatic rings. The Kier molecular flexibility index (Phi) is 26.9. The quantitative estimate of drug-likeness (QED) is 0.0364. The van der Waals surface area contributed by atoms with Crippen LogP contribution in [-0.2, 0) is 47.5 Å². The zero-order valence-electron chi connectivity index (χ0n) is 23.2. The molecular formula is C23H43N7O10. The third kappa shape index (κ3) is 25.4. The smallest absolute Gasteiger partial charge is 0.328 e. The van der Waals surface area contributed by atoms with E-state index in [0.717, 1.165) is 0 Å². The lowest BCUT2D eigenvalue weighted by Gasteiger charge is -2.16. The van der Waals surface area contributed by atoms with Crippen molar-refractivity contribution in [1.29, 1.82) is 5.53 Å². The van der Waals surface area contributed by atoms with E-state index in [4.69, 9.17) is 44.2 Å². The lowest BCUT2D eigenvalue weighted by molar-refractivity contribution is -0.146. The van der Waals surface area contributed by atoms with E-state index < -0.39 is 17.9 Å². The van der Waals surface area contributed by atoms with Crippen LogP contribution in [0.25, 0.3) is 10.4 Å². The second kappa shape index (κ2) is 29.1. The fraction of sp³-hybridized carbons (Fsp3) is 0.870. The van der Waals surface area contributed by atoms with Crippen LogP contribution in [0.5, 0.6) is 0 Å². The molecule has 40 heavy (non-hydrogen) atoms. The number of esters is 1. The van der Waals surface area contributed by atoms with Crippen molar-refractivity contribution in [2.24, 2.45) is 10.2 Å². The molecular weight excluding hydrogens is 534 g/mol. The molecule has 0 radical (unpaired) electrons. The zero-order chi connectivity index (χ0) is 29.5. The van der Waals surface area contributed by atoms with Crippen LogP contribution >= 0.6 is 0 Å². The Hall–Kier alpha value is -2.92. The fourth-order valence-corrected chi connectivity index (χ4v) is 2.85. The summed E-state index contributed by atoms with van der Waals surface area (Å²) in [7, 11) is 1.24. The normalized spacial score (nSPS) is 11.3. The average Bonchev–Trinajstić information content (AvgIpc) is 2.95. The zero-order valence-corrected chi connectivity index (χ0v) is 23.2. The van der Waals surface area contributed by atoms with E-state index in [1.807, 2.05) is 0 Å². The summed E-state index contributed by atoms with van der Waals surface area (Å²) < 4.78 is 36.2. The number of hydrogen-bond donors (Lipinski definition) is 3. The number of unbranched alkanes of at least 4 members (excludes halogenated alkanes) is 1. The summed E-state index contributed by atoms with van der Waals surface area (Å²) in [6.07, 6.45) is 1.49. The molecule has 2 amide bonds. The number of hydrogen-bond acceptors (Lipinski definition) is 13. The maximum atomic E-state index is 12.1. The van der Waals surface area contributed by atoms with Crippen molar-refractivity contribution in [3.8, 4) is 0 Å². The Morgan fingerprint density at radius 3 is 1.85 bits per heavy atom. The molecule has 0 aliphatic heterocycles. The number of ether oxygens (including phenoxy) is 7. The summed E-state index contributed by atoms with van der Waals surface area (Å²) in [6.45, 7) is 3.87. The van der Waals surface area contributed by atoms with Crippen molar-refractivity contribution in [2.75, 3.05) is 106 Å². The molecule has 0 spiro atoms. The minimum atomic E-state index is -0.822. The number of rotatable bonds is 29. The number of amides is 2. The second-order valence-electron chi connectivity index (χ2n) is 7.88. The summed E-state index contributed by atoms with van der Waals surface area (Å²) in [5.74, 6) is -1.29. The van der Waals surface area contributed by atoms with Crippen LogP contribution in [0, 0.1) is 5.53 Å². The van der Waals surface area contributed by atoms with Crippen molar-refractivity contribution in [2.45, 2.75) is 25.3 Å². The van der Waals surface area contributed by atoms with Gasteiger partial charge in [-0.1, -0.05) is 5.11 Å². The Morgan fingerprint density at radius 2 is 1.30 bits per heavy atom. The predicted octanol–water partition coefficient (Wildman–Crippen LogP) is 0.372. The van der Waals surface area contributed by atoms with Gasteiger partial charge < -0.3 is 43.8 Å². The molecule has 17 heteroatoms. The first-order chi connectivity index (χ1) is 19.5. The molecule has 0 heterocycles. The van der Waals surface area contributed by atoms with E-state index in [-0.39, 0.29) is 45.5 Å². The van der Waals surface area contributed by atoms with E-state index in [1.54, 1.807) is 0 Å². The van der Waals surface area contributed by atoms with E-state index in [9.17, 15) is 14.4 Å². The molecule has 0 saturated carbocycles. The van der Waals surface area contributed by atoms with Crippen LogP contribution in [-0.4, -0.2) is 130 Å².